The van der Waals surface area contributed by atoms with Gasteiger partial charge in [-0.2, -0.15) is 0 Å². The molecular weight excluding hydrogens is 326 g/mol. The second kappa shape index (κ2) is 14.8. The molecule has 7 N–H and O–H groups in total. The second-order valence-corrected chi connectivity index (χ2v) is 5.34. The average molecular weight is 355 g/mol. The van der Waals surface area contributed by atoms with Gasteiger partial charge in [0.2, 0.25) is 0 Å². The van der Waals surface area contributed by atoms with Crippen LogP contribution >= 0.6 is 0 Å². The molecule has 0 aliphatic rings. The highest BCUT2D eigenvalue weighted by Gasteiger charge is 2.18. The molecule has 144 valence electrons. The number of hydrogen-bond acceptors (Lipinski definition) is 8. The molecule has 2 unspecified atom stereocenters. The first kappa shape index (κ1) is 27.1. The lowest BCUT2D eigenvalue weighted by Gasteiger charge is -2.12. The minimum absolute atomic E-state index is 0.139. The zero-order valence-corrected chi connectivity index (χ0v) is 14.4. The molecule has 24 heavy (non-hydrogen) atoms. The van der Waals surface area contributed by atoms with Crippen LogP contribution in [0, 0.1) is 0 Å². The van der Waals surface area contributed by atoms with Gasteiger partial charge < -0.3 is 36.0 Å². The molecule has 0 aromatic carbocycles. The average Bonchev–Trinajstić information content (AvgIpc) is 2.42. The van der Waals surface area contributed by atoms with Gasteiger partial charge in [-0.05, 0) is 27.2 Å². The SMILES string of the molecule is CC(C)(O)CC(=O)O.CC(O)CO.CCC(OC(=O)CN)C(=O)O. The Kier molecular flexibility index (Phi) is 16.7. The third-order valence-electron chi connectivity index (χ3n) is 1.93. The third kappa shape index (κ3) is 25.2. The summed E-state index contributed by atoms with van der Waals surface area (Å²) in [5.41, 5.74) is 3.83. The van der Waals surface area contributed by atoms with Crippen molar-refractivity contribution in [2.75, 3.05) is 13.2 Å². The minimum Gasteiger partial charge on any atom is -0.481 e. The molecule has 0 spiro atoms. The van der Waals surface area contributed by atoms with Crippen molar-refractivity contribution in [2.24, 2.45) is 5.73 Å². The molecule has 0 saturated heterocycles. The number of nitrogens with two attached hydrogens (primary N) is 1. The Morgan fingerprint density at radius 1 is 1.21 bits per heavy atom. The summed E-state index contributed by atoms with van der Waals surface area (Å²) in [4.78, 5) is 30.6. The van der Waals surface area contributed by atoms with Crippen LogP contribution in [0.2, 0.25) is 0 Å². The Labute approximate surface area is 140 Å². The number of carbonyl (C=O) groups excluding carboxylic acids is 1. The van der Waals surface area contributed by atoms with Gasteiger partial charge in [0.1, 0.15) is 0 Å². The van der Waals surface area contributed by atoms with Crippen LogP contribution in [0.3, 0.4) is 0 Å². The van der Waals surface area contributed by atoms with Gasteiger partial charge in [0.15, 0.2) is 6.10 Å². The van der Waals surface area contributed by atoms with Gasteiger partial charge in [0.25, 0.3) is 0 Å². The van der Waals surface area contributed by atoms with E-state index >= 15 is 0 Å². The van der Waals surface area contributed by atoms with Crippen molar-refractivity contribution in [3.05, 3.63) is 0 Å². The highest BCUT2D eigenvalue weighted by Crippen LogP contribution is 2.05. The first-order chi connectivity index (χ1) is 10.8. The van der Waals surface area contributed by atoms with E-state index in [1.807, 2.05) is 0 Å². The van der Waals surface area contributed by atoms with E-state index in [0.717, 1.165) is 0 Å². The number of carboxylic acids is 2. The molecule has 10 heteroatoms. The molecule has 0 heterocycles. The number of ether oxygens (including phenoxy) is 1. The molecular formula is C14H29NO9. The largest absolute Gasteiger partial charge is 0.481 e. The van der Waals surface area contributed by atoms with E-state index in [2.05, 4.69) is 4.74 Å². The fourth-order valence-corrected chi connectivity index (χ4v) is 0.885. The van der Waals surface area contributed by atoms with Crippen molar-refractivity contribution in [3.8, 4) is 0 Å². The zero-order chi connectivity index (χ0) is 19.9. The number of aliphatic hydroxyl groups is 3. The second-order valence-electron chi connectivity index (χ2n) is 5.34. The predicted molar refractivity (Wildman–Crippen MR) is 84.2 cm³/mol. The highest BCUT2D eigenvalue weighted by molar-refractivity contribution is 5.78. The quantitative estimate of drug-likeness (QED) is 0.307. The van der Waals surface area contributed by atoms with Crippen molar-refractivity contribution in [3.63, 3.8) is 0 Å². The zero-order valence-electron chi connectivity index (χ0n) is 14.4. The topological polar surface area (TPSA) is 188 Å². The van der Waals surface area contributed by atoms with Crippen LogP contribution in [0.1, 0.15) is 40.5 Å². The van der Waals surface area contributed by atoms with Crippen LogP contribution in [0.5, 0.6) is 0 Å². The maximum absolute atomic E-state index is 10.5. The molecule has 0 aliphatic heterocycles. The third-order valence-corrected chi connectivity index (χ3v) is 1.93. The van der Waals surface area contributed by atoms with E-state index in [1.54, 1.807) is 6.92 Å². The number of hydrogen-bond donors (Lipinski definition) is 6. The van der Waals surface area contributed by atoms with E-state index in [0.29, 0.717) is 0 Å². The monoisotopic (exact) mass is 355 g/mol. The first-order valence-electron chi connectivity index (χ1n) is 7.16. The van der Waals surface area contributed by atoms with Gasteiger partial charge in [0, 0.05) is 0 Å². The number of aliphatic hydroxyl groups excluding tert-OH is 2. The molecule has 0 aromatic heterocycles. The maximum Gasteiger partial charge on any atom is 0.345 e. The lowest BCUT2D eigenvalue weighted by atomic mass is 10.1. The van der Waals surface area contributed by atoms with Crippen LogP contribution < -0.4 is 5.73 Å². The van der Waals surface area contributed by atoms with E-state index < -0.39 is 35.7 Å². The molecule has 0 radical (unpaired) electrons. The number of rotatable bonds is 7. The van der Waals surface area contributed by atoms with Crippen molar-refractivity contribution in [2.45, 2.75) is 58.3 Å². The number of carboxylic acid groups (broad SMARTS) is 2. The molecule has 0 aromatic rings. The molecule has 0 fully saturated rings. The summed E-state index contributed by atoms with van der Waals surface area (Å²) in [6.07, 6.45) is -1.57. The molecule has 0 amide bonds. The molecule has 0 bridgehead atoms. The summed E-state index contributed by atoms with van der Waals surface area (Å²) >= 11 is 0. The predicted octanol–water partition coefficient (Wildman–Crippen LogP) is -1.06. The molecule has 0 saturated carbocycles. The number of carbonyl (C=O) groups is 3. The van der Waals surface area contributed by atoms with Crippen LogP contribution in [0.15, 0.2) is 0 Å². The summed E-state index contributed by atoms with van der Waals surface area (Å²) in [5, 5.41) is 41.3. The van der Waals surface area contributed by atoms with Gasteiger partial charge in [-0.25, -0.2) is 4.79 Å². The Hall–Kier alpha value is -1.75. The summed E-state index contributed by atoms with van der Waals surface area (Å²) < 4.78 is 4.45. The van der Waals surface area contributed by atoms with Crippen molar-refractivity contribution in [1.29, 1.82) is 0 Å². The van der Waals surface area contributed by atoms with Crippen molar-refractivity contribution < 1.29 is 44.7 Å². The Balaban J connectivity index is -0.000000298. The molecule has 10 nitrogen and oxygen atoms in total. The van der Waals surface area contributed by atoms with Crippen molar-refractivity contribution >= 4 is 17.9 Å². The standard InChI is InChI=1S/C6H11NO4.C5H10O3.C3H8O2/c1-2-4(6(9)10)11-5(8)3-7;1-5(2,8)3-4(6)7;1-3(5)2-4/h4H,2-3,7H2,1H3,(H,9,10);8H,3H2,1-2H3,(H,6,7);3-5H,2H2,1H3. The Morgan fingerprint density at radius 3 is 1.75 bits per heavy atom. The van der Waals surface area contributed by atoms with Gasteiger partial charge in [-0.1, -0.05) is 6.92 Å². The Morgan fingerprint density at radius 2 is 1.62 bits per heavy atom. The van der Waals surface area contributed by atoms with Gasteiger partial charge in [0.05, 0.1) is 31.3 Å². The van der Waals surface area contributed by atoms with E-state index in [9.17, 15) is 14.4 Å². The normalized spacial score (nSPS) is 12.5. The lowest BCUT2D eigenvalue weighted by molar-refractivity contribution is -0.163. The maximum atomic E-state index is 10.5. The van der Waals surface area contributed by atoms with Crippen LogP contribution in [-0.4, -0.2) is 74.4 Å². The summed E-state index contributed by atoms with van der Waals surface area (Å²) in [5.74, 6) is -2.81. The first-order valence-corrected chi connectivity index (χ1v) is 7.16. The molecule has 0 aliphatic carbocycles. The fourth-order valence-electron chi connectivity index (χ4n) is 0.885. The summed E-state index contributed by atoms with van der Waals surface area (Å²) in [7, 11) is 0. The minimum atomic E-state index is -1.14. The van der Waals surface area contributed by atoms with Crippen LogP contribution in [0.4, 0.5) is 0 Å². The van der Waals surface area contributed by atoms with E-state index in [4.69, 9.17) is 31.3 Å². The highest BCUT2D eigenvalue weighted by atomic mass is 16.6. The smallest absolute Gasteiger partial charge is 0.345 e. The van der Waals surface area contributed by atoms with Gasteiger partial charge in [-0.3, -0.25) is 9.59 Å². The summed E-state index contributed by atoms with van der Waals surface area (Å²) in [6.45, 7) is 5.63. The van der Waals surface area contributed by atoms with Gasteiger partial charge >= 0.3 is 17.9 Å². The molecule has 0 rings (SSSR count). The summed E-state index contributed by atoms with van der Waals surface area (Å²) in [6, 6.07) is 0. The van der Waals surface area contributed by atoms with Gasteiger partial charge in [-0.15, -0.1) is 0 Å². The number of esters is 1. The molecule has 2 atom stereocenters. The van der Waals surface area contributed by atoms with Crippen LogP contribution in [0.25, 0.3) is 0 Å². The van der Waals surface area contributed by atoms with E-state index in [-0.39, 0.29) is 26.0 Å². The van der Waals surface area contributed by atoms with E-state index in [1.165, 1.54) is 20.8 Å². The van der Waals surface area contributed by atoms with Crippen LogP contribution in [-0.2, 0) is 19.1 Å². The Bertz CT molecular complexity index is 364. The fraction of sp³-hybridized carbons (Fsp3) is 0.786. The van der Waals surface area contributed by atoms with Crippen molar-refractivity contribution in [1.82, 2.24) is 0 Å². The number of aliphatic carboxylic acids is 2. The lowest BCUT2D eigenvalue weighted by Crippen LogP contribution is -2.29.